The monoisotopic (exact) mass is 298 g/mol. The van der Waals surface area contributed by atoms with Crippen LogP contribution >= 0.6 is 0 Å². The van der Waals surface area contributed by atoms with Crippen LogP contribution in [0.3, 0.4) is 0 Å². The van der Waals surface area contributed by atoms with E-state index in [1.807, 2.05) is 4.90 Å². The summed E-state index contributed by atoms with van der Waals surface area (Å²) >= 11 is 0. The van der Waals surface area contributed by atoms with Crippen LogP contribution in [0, 0.1) is 0 Å². The molecule has 6 heteroatoms. The van der Waals surface area contributed by atoms with Gasteiger partial charge in [0.2, 0.25) is 5.91 Å². The van der Waals surface area contributed by atoms with Gasteiger partial charge in [0.05, 0.1) is 12.6 Å². The Morgan fingerprint density at radius 1 is 1.14 bits per heavy atom. The molecular weight excluding hydrogens is 272 g/mol. The zero-order chi connectivity index (χ0) is 15.2. The van der Waals surface area contributed by atoms with Crippen molar-refractivity contribution in [1.82, 2.24) is 9.80 Å². The van der Waals surface area contributed by atoms with E-state index in [0.29, 0.717) is 12.6 Å². The molecule has 0 aromatic carbocycles. The first kappa shape index (κ1) is 16.2. The number of amides is 1. The van der Waals surface area contributed by atoms with E-state index >= 15 is 0 Å². The van der Waals surface area contributed by atoms with Crippen molar-refractivity contribution in [3.63, 3.8) is 0 Å². The third-order valence-electron chi connectivity index (χ3n) is 4.46. The molecular formula is C15H26N2O4. The molecule has 120 valence electrons. The molecule has 1 atom stereocenters. The predicted molar refractivity (Wildman–Crippen MR) is 78.1 cm³/mol. The molecule has 6 nitrogen and oxygen atoms in total. The predicted octanol–water partition coefficient (Wildman–Crippen LogP) is 0.953. The molecule has 0 aliphatic carbocycles. The van der Waals surface area contributed by atoms with Crippen molar-refractivity contribution < 1.29 is 19.4 Å². The number of carboxylic acids is 1. The Morgan fingerprint density at radius 2 is 1.86 bits per heavy atom. The molecule has 2 heterocycles. The second kappa shape index (κ2) is 7.75. The van der Waals surface area contributed by atoms with E-state index in [9.17, 15) is 9.59 Å². The molecule has 1 amide bonds. The smallest absolute Gasteiger partial charge is 0.329 e. The van der Waals surface area contributed by atoms with Gasteiger partial charge >= 0.3 is 5.97 Å². The van der Waals surface area contributed by atoms with Gasteiger partial charge in [-0.3, -0.25) is 9.69 Å². The fraction of sp³-hybridized carbons (Fsp3) is 0.867. The molecule has 0 aromatic heterocycles. The molecule has 21 heavy (non-hydrogen) atoms. The molecule has 0 spiro atoms. The number of aliphatic carboxylic acids is 1. The van der Waals surface area contributed by atoms with Crippen molar-refractivity contribution in [2.75, 3.05) is 32.8 Å². The molecule has 1 unspecified atom stereocenters. The summed E-state index contributed by atoms with van der Waals surface area (Å²) in [5, 5.41) is 8.60. The molecule has 2 fully saturated rings. The number of piperidine rings is 2. The molecule has 0 bridgehead atoms. The van der Waals surface area contributed by atoms with Crippen molar-refractivity contribution in [1.29, 1.82) is 0 Å². The molecule has 2 saturated heterocycles. The highest BCUT2D eigenvalue weighted by Crippen LogP contribution is 2.18. The lowest BCUT2D eigenvalue weighted by Crippen LogP contribution is -2.48. The number of ether oxygens (including phenoxy) is 1. The van der Waals surface area contributed by atoms with Gasteiger partial charge in [-0.2, -0.15) is 0 Å². The van der Waals surface area contributed by atoms with E-state index in [0.717, 1.165) is 45.3 Å². The molecule has 0 radical (unpaired) electrons. The Bertz CT molecular complexity index is 367. The van der Waals surface area contributed by atoms with E-state index < -0.39 is 5.97 Å². The van der Waals surface area contributed by atoms with Gasteiger partial charge in [-0.25, -0.2) is 4.79 Å². The summed E-state index contributed by atoms with van der Waals surface area (Å²) in [6, 6.07) is 0.364. The fourth-order valence-electron chi connectivity index (χ4n) is 3.17. The molecule has 2 rings (SSSR count). The summed E-state index contributed by atoms with van der Waals surface area (Å²) in [5.41, 5.74) is 0. The van der Waals surface area contributed by atoms with Crippen LogP contribution in [-0.2, 0) is 14.3 Å². The number of carbonyl (C=O) groups excluding carboxylic acids is 1. The number of rotatable bonds is 5. The molecule has 2 aliphatic heterocycles. The standard InChI is InChI=1S/C15H26N2O4/c1-12-4-2-3-7-17(12)14(18)10-16-8-5-13(6-9-16)21-11-15(19)20/h12-13H,2-11H2,1H3,(H,19,20). The van der Waals surface area contributed by atoms with Crippen molar-refractivity contribution in [3.05, 3.63) is 0 Å². The fourth-order valence-corrected chi connectivity index (χ4v) is 3.17. The minimum Gasteiger partial charge on any atom is -0.480 e. The van der Waals surface area contributed by atoms with Crippen molar-refractivity contribution >= 4 is 11.9 Å². The second-order valence-corrected chi connectivity index (χ2v) is 6.11. The number of carboxylic acid groups (broad SMARTS) is 1. The number of nitrogens with zero attached hydrogens (tertiary/aromatic N) is 2. The zero-order valence-corrected chi connectivity index (χ0v) is 12.8. The summed E-state index contributed by atoms with van der Waals surface area (Å²) in [7, 11) is 0. The van der Waals surface area contributed by atoms with Gasteiger partial charge in [-0.15, -0.1) is 0 Å². The lowest BCUT2D eigenvalue weighted by atomic mass is 10.0. The lowest BCUT2D eigenvalue weighted by molar-refractivity contribution is -0.145. The van der Waals surface area contributed by atoms with Crippen LogP contribution in [0.2, 0.25) is 0 Å². The third-order valence-corrected chi connectivity index (χ3v) is 4.46. The highest BCUT2D eigenvalue weighted by atomic mass is 16.5. The Kier molecular flexibility index (Phi) is 5.99. The maximum Gasteiger partial charge on any atom is 0.329 e. The van der Waals surface area contributed by atoms with Crippen LogP contribution < -0.4 is 0 Å². The normalized spacial score (nSPS) is 25.0. The Labute approximate surface area is 126 Å². The largest absolute Gasteiger partial charge is 0.480 e. The number of hydrogen-bond donors (Lipinski definition) is 1. The van der Waals surface area contributed by atoms with Gasteiger partial charge in [0.25, 0.3) is 0 Å². The highest BCUT2D eigenvalue weighted by Gasteiger charge is 2.27. The van der Waals surface area contributed by atoms with Gasteiger partial charge in [0.1, 0.15) is 6.61 Å². The Balaban J connectivity index is 1.70. The molecule has 0 saturated carbocycles. The molecule has 1 N–H and O–H groups in total. The molecule has 0 aromatic rings. The van der Waals surface area contributed by atoms with E-state index in [1.54, 1.807) is 0 Å². The minimum atomic E-state index is -0.924. The first-order valence-corrected chi connectivity index (χ1v) is 7.91. The first-order valence-electron chi connectivity index (χ1n) is 7.91. The Morgan fingerprint density at radius 3 is 2.48 bits per heavy atom. The van der Waals surface area contributed by atoms with E-state index in [2.05, 4.69) is 11.8 Å². The number of hydrogen-bond acceptors (Lipinski definition) is 4. The van der Waals surface area contributed by atoms with Crippen molar-refractivity contribution in [2.24, 2.45) is 0 Å². The Hall–Kier alpha value is -1.14. The molecule has 2 aliphatic rings. The summed E-state index contributed by atoms with van der Waals surface area (Å²) in [5.74, 6) is -0.696. The quantitative estimate of drug-likeness (QED) is 0.818. The first-order chi connectivity index (χ1) is 10.1. The topological polar surface area (TPSA) is 70.1 Å². The van der Waals surface area contributed by atoms with Crippen molar-refractivity contribution in [2.45, 2.75) is 51.2 Å². The SMILES string of the molecule is CC1CCCCN1C(=O)CN1CCC(OCC(=O)O)CC1. The third kappa shape index (κ3) is 4.97. The summed E-state index contributed by atoms with van der Waals surface area (Å²) in [4.78, 5) is 27.0. The summed E-state index contributed by atoms with van der Waals surface area (Å²) < 4.78 is 5.31. The highest BCUT2D eigenvalue weighted by molar-refractivity contribution is 5.78. The van der Waals surface area contributed by atoms with E-state index in [-0.39, 0.29) is 18.6 Å². The van der Waals surface area contributed by atoms with Crippen LogP contribution in [0.25, 0.3) is 0 Å². The number of likely N-dealkylation sites (tertiary alicyclic amines) is 2. The van der Waals surface area contributed by atoms with E-state index in [1.165, 1.54) is 6.42 Å². The zero-order valence-electron chi connectivity index (χ0n) is 12.8. The van der Waals surface area contributed by atoms with Crippen LogP contribution in [0.4, 0.5) is 0 Å². The van der Waals surface area contributed by atoms with Gasteiger partial charge in [-0.05, 0) is 39.0 Å². The van der Waals surface area contributed by atoms with Gasteiger partial charge in [-0.1, -0.05) is 0 Å². The van der Waals surface area contributed by atoms with Crippen LogP contribution in [0.5, 0.6) is 0 Å². The summed E-state index contributed by atoms with van der Waals surface area (Å²) in [6.45, 7) is 4.88. The maximum absolute atomic E-state index is 12.3. The maximum atomic E-state index is 12.3. The van der Waals surface area contributed by atoms with Crippen LogP contribution in [0.1, 0.15) is 39.0 Å². The van der Waals surface area contributed by atoms with Gasteiger partial charge in [0, 0.05) is 25.7 Å². The second-order valence-electron chi connectivity index (χ2n) is 6.11. The minimum absolute atomic E-state index is 0.0152. The van der Waals surface area contributed by atoms with E-state index in [4.69, 9.17) is 9.84 Å². The average molecular weight is 298 g/mol. The van der Waals surface area contributed by atoms with Crippen LogP contribution in [0.15, 0.2) is 0 Å². The van der Waals surface area contributed by atoms with Gasteiger partial charge < -0.3 is 14.7 Å². The lowest BCUT2D eigenvalue weighted by Gasteiger charge is -2.36. The summed E-state index contributed by atoms with van der Waals surface area (Å²) in [6.07, 6.45) is 5.06. The van der Waals surface area contributed by atoms with Crippen LogP contribution in [-0.4, -0.2) is 71.7 Å². The van der Waals surface area contributed by atoms with Gasteiger partial charge in [0.15, 0.2) is 0 Å². The number of carbonyl (C=O) groups is 2. The average Bonchev–Trinajstić information content (AvgIpc) is 2.47. The van der Waals surface area contributed by atoms with Crippen molar-refractivity contribution in [3.8, 4) is 0 Å².